The molecule has 0 aliphatic rings. The number of hydrogen-bond acceptors (Lipinski definition) is 7. The number of hydrogen-bond donors (Lipinski definition) is 0. The second kappa shape index (κ2) is 9.46. The summed E-state index contributed by atoms with van der Waals surface area (Å²) in [7, 11) is 0. The highest BCUT2D eigenvalue weighted by Crippen LogP contribution is 2.23. The Hall–Kier alpha value is -2.24. The molecule has 1 aromatic carbocycles. The van der Waals surface area contributed by atoms with Crippen molar-refractivity contribution in [2.45, 2.75) is 12.8 Å². The van der Waals surface area contributed by atoms with Gasteiger partial charge in [0.2, 0.25) is 0 Å². The van der Waals surface area contributed by atoms with Gasteiger partial charge in [-0.3, -0.25) is 0 Å². The van der Waals surface area contributed by atoms with E-state index in [1.54, 1.807) is 0 Å². The third kappa shape index (κ3) is 6.58. The lowest BCUT2D eigenvalue weighted by Crippen LogP contribution is -2.45. The maximum absolute atomic E-state index is 12.8. The van der Waals surface area contributed by atoms with Crippen LogP contribution in [0.25, 0.3) is 0 Å². The highest BCUT2D eigenvalue weighted by Gasteiger charge is 2.33. The van der Waals surface area contributed by atoms with Gasteiger partial charge in [-0.15, -0.1) is 0 Å². The molecule has 0 saturated heterocycles. The van der Waals surface area contributed by atoms with Crippen molar-refractivity contribution in [1.82, 2.24) is 0 Å². The van der Waals surface area contributed by atoms with E-state index in [9.17, 15) is 28.3 Å². The minimum atomic E-state index is -4.27. The fourth-order valence-corrected chi connectivity index (χ4v) is 2.12. The van der Waals surface area contributed by atoms with Gasteiger partial charge in [0, 0.05) is 5.57 Å². The molecule has 0 aliphatic carbocycles. The van der Waals surface area contributed by atoms with Crippen LogP contribution in [0.3, 0.4) is 0 Å². The first kappa shape index (κ1) is 21.8. The summed E-state index contributed by atoms with van der Waals surface area (Å²) in [5.41, 5.74) is 0.191. The van der Waals surface area contributed by atoms with Crippen molar-refractivity contribution in [3.8, 4) is 5.75 Å². The molecule has 0 heterocycles. The van der Waals surface area contributed by atoms with Gasteiger partial charge in [0.15, 0.2) is 6.61 Å². The second-order valence-electron chi connectivity index (χ2n) is 4.98. The van der Waals surface area contributed by atoms with Gasteiger partial charge in [0.25, 0.3) is 0 Å². The van der Waals surface area contributed by atoms with Crippen LogP contribution in [0.1, 0.15) is 17.3 Å². The van der Waals surface area contributed by atoms with E-state index < -0.39 is 30.4 Å². The number of carboxylic acids is 1. The van der Waals surface area contributed by atoms with Crippen LogP contribution in [-0.4, -0.2) is 43.7 Å². The molecule has 0 amide bonds. The first-order valence-corrected chi connectivity index (χ1v) is 8.14. The van der Waals surface area contributed by atoms with Gasteiger partial charge in [-0.1, -0.05) is 6.58 Å². The van der Waals surface area contributed by atoms with Crippen LogP contribution in [0.15, 0.2) is 30.4 Å². The van der Waals surface area contributed by atoms with E-state index in [0.29, 0.717) is 9.32 Å². The van der Waals surface area contributed by atoms with Gasteiger partial charge in [0.1, 0.15) is 24.9 Å². The molecule has 0 aromatic heterocycles. The molecule has 0 N–H and O–H groups in total. The highest BCUT2D eigenvalue weighted by molar-refractivity contribution is 14.1. The summed E-state index contributed by atoms with van der Waals surface area (Å²) in [6, 6.07) is 3.97. The predicted octanol–water partition coefficient (Wildman–Crippen LogP) is 1.33. The molecule has 26 heavy (non-hydrogen) atoms. The van der Waals surface area contributed by atoms with Crippen LogP contribution in [-0.2, 0) is 19.1 Å². The van der Waals surface area contributed by atoms with E-state index >= 15 is 0 Å². The number of carbonyl (C=O) groups is 3. The maximum Gasteiger partial charge on any atom is 0.338 e. The molecule has 0 saturated carbocycles. The average Bonchev–Trinajstić information content (AvgIpc) is 2.57. The Labute approximate surface area is 161 Å². The largest absolute Gasteiger partial charge is 0.544 e. The molecule has 0 bridgehead atoms. The summed E-state index contributed by atoms with van der Waals surface area (Å²) in [6.45, 7) is 3.35. The Morgan fingerprint density at radius 3 is 2.42 bits per heavy atom. The van der Waals surface area contributed by atoms with E-state index in [1.807, 2.05) is 22.6 Å². The summed E-state index contributed by atoms with van der Waals surface area (Å²) in [6.07, 6.45) is 0. The smallest absolute Gasteiger partial charge is 0.338 e. The van der Waals surface area contributed by atoms with Gasteiger partial charge >= 0.3 is 17.9 Å². The van der Waals surface area contributed by atoms with Crippen LogP contribution in [0, 0.1) is 3.57 Å². The van der Waals surface area contributed by atoms with Crippen molar-refractivity contribution in [1.29, 1.82) is 0 Å². The number of benzene rings is 1. The highest BCUT2D eigenvalue weighted by atomic mass is 127. The number of esters is 2. The van der Waals surface area contributed by atoms with Crippen molar-refractivity contribution < 1.29 is 42.5 Å². The van der Waals surface area contributed by atoms with Crippen LogP contribution < -0.4 is 9.84 Å². The monoisotopic (exact) mass is 483 g/mol. The number of aliphatic carboxylic acids is 1. The Balaban J connectivity index is 2.58. The van der Waals surface area contributed by atoms with E-state index in [-0.39, 0.29) is 24.4 Å². The molecule has 0 atom stereocenters. The summed E-state index contributed by atoms with van der Waals surface area (Å²) in [5, 5.41) is 10.2. The van der Waals surface area contributed by atoms with E-state index in [1.165, 1.54) is 25.1 Å². The van der Waals surface area contributed by atoms with Gasteiger partial charge < -0.3 is 24.1 Å². The Bertz CT molecular complexity index is 719. The molecule has 0 aliphatic heterocycles. The normalized spacial score (nSPS) is 10.8. The number of carbonyl (C=O) groups excluding carboxylic acids is 3. The lowest BCUT2D eigenvalue weighted by molar-refractivity contribution is -0.331. The molecule has 142 valence electrons. The lowest BCUT2D eigenvalue weighted by atomic mass is 10.2. The van der Waals surface area contributed by atoms with Gasteiger partial charge in [0.05, 0.1) is 9.13 Å². The molecule has 0 fully saturated rings. The molecule has 0 radical (unpaired) electrons. The quantitative estimate of drug-likeness (QED) is 0.226. The molecular weight excluding hydrogens is 469 g/mol. The lowest BCUT2D eigenvalue weighted by Gasteiger charge is -2.17. The summed E-state index contributed by atoms with van der Waals surface area (Å²) < 4.78 is 40.7. The van der Waals surface area contributed by atoms with E-state index in [0.717, 1.165) is 0 Å². The van der Waals surface area contributed by atoms with Gasteiger partial charge in [-0.2, -0.15) is 8.78 Å². The minimum Gasteiger partial charge on any atom is -0.544 e. The van der Waals surface area contributed by atoms with Crippen molar-refractivity contribution in [3.05, 3.63) is 39.5 Å². The fraction of sp³-hybridized carbons (Fsp3) is 0.312. The molecule has 0 unspecified atom stereocenters. The third-order valence-electron chi connectivity index (χ3n) is 2.77. The topological polar surface area (TPSA) is 102 Å². The summed E-state index contributed by atoms with van der Waals surface area (Å²) >= 11 is 1.84. The molecule has 10 heteroatoms. The Morgan fingerprint density at radius 1 is 1.23 bits per heavy atom. The minimum absolute atomic E-state index is 0.0100. The zero-order valence-electron chi connectivity index (χ0n) is 13.6. The summed E-state index contributed by atoms with van der Waals surface area (Å²) in [5.74, 6) is -8.20. The SMILES string of the molecule is C=C(C)C(=O)OCCOc1ccc(C(=O)OCC(F)(F)C(=O)[O-])cc1I. The molecule has 7 nitrogen and oxygen atoms in total. The molecular formula is C16H14F2IO7-. The fourth-order valence-electron chi connectivity index (χ4n) is 1.45. The van der Waals surface area contributed by atoms with E-state index in [4.69, 9.17) is 9.47 Å². The average molecular weight is 483 g/mol. The van der Waals surface area contributed by atoms with Crippen molar-refractivity contribution >= 4 is 40.5 Å². The number of rotatable bonds is 9. The van der Waals surface area contributed by atoms with Crippen LogP contribution in [0.5, 0.6) is 5.75 Å². The van der Waals surface area contributed by atoms with Crippen molar-refractivity contribution in [2.75, 3.05) is 19.8 Å². The first-order valence-electron chi connectivity index (χ1n) is 7.06. The first-order chi connectivity index (χ1) is 12.0. The van der Waals surface area contributed by atoms with Crippen molar-refractivity contribution in [2.24, 2.45) is 0 Å². The number of alkyl halides is 2. The number of carboxylic acid groups (broad SMARTS) is 1. The Kier molecular flexibility index (Phi) is 7.93. The molecule has 1 aromatic rings. The van der Waals surface area contributed by atoms with Crippen LogP contribution in [0.2, 0.25) is 0 Å². The maximum atomic E-state index is 12.8. The summed E-state index contributed by atoms with van der Waals surface area (Å²) in [4.78, 5) is 33.1. The molecule has 0 spiro atoms. The number of halogens is 3. The predicted molar refractivity (Wildman–Crippen MR) is 90.7 cm³/mol. The number of ether oxygens (including phenoxy) is 3. The standard InChI is InChI=1S/C16H15F2IO7/c1-9(2)13(20)25-6-5-24-12-4-3-10(7-11(12)19)14(21)26-8-16(17,18)15(22)23/h3-4,7H,1,5-6,8H2,2H3,(H,22,23)/p-1. The zero-order valence-corrected chi connectivity index (χ0v) is 15.7. The second-order valence-corrected chi connectivity index (χ2v) is 6.14. The third-order valence-corrected chi connectivity index (χ3v) is 3.62. The molecule has 1 rings (SSSR count). The van der Waals surface area contributed by atoms with Gasteiger partial charge in [-0.05, 0) is 47.7 Å². The van der Waals surface area contributed by atoms with Crippen LogP contribution >= 0.6 is 22.6 Å². The van der Waals surface area contributed by atoms with E-state index in [2.05, 4.69) is 11.3 Å². The Morgan fingerprint density at radius 2 is 1.88 bits per heavy atom. The zero-order chi connectivity index (χ0) is 19.9. The van der Waals surface area contributed by atoms with Gasteiger partial charge in [-0.25, -0.2) is 9.59 Å². The van der Waals surface area contributed by atoms with Crippen LogP contribution in [0.4, 0.5) is 8.78 Å². The van der Waals surface area contributed by atoms with Crippen molar-refractivity contribution in [3.63, 3.8) is 0 Å².